The molecule has 0 heterocycles. The standard InChI is InChI=1S/C8H16N2O2/c1-6(5-11)10-8(12)4-9-7-2-3-7/h6-7,9,11H,2-5H2,1H3,(H,10,12)/t6-/m1/s1. The fourth-order valence-corrected chi connectivity index (χ4v) is 0.896. The zero-order chi connectivity index (χ0) is 8.97. The molecule has 3 N–H and O–H groups in total. The summed E-state index contributed by atoms with van der Waals surface area (Å²) in [6.07, 6.45) is 2.37. The van der Waals surface area contributed by atoms with E-state index in [2.05, 4.69) is 10.6 Å². The monoisotopic (exact) mass is 172 g/mol. The average molecular weight is 172 g/mol. The summed E-state index contributed by atoms with van der Waals surface area (Å²) in [4.78, 5) is 11.1. The molecule has 1 aliphatic carbocycles. The van der Waals surface area contributed by atoms with Gasteiger partial charge in [-0.05, 0) is 19.8 Å². The molecule has 0 aromatic carbocycles. The van der Waals surface area contributed by atoms with E-state index in [1.54, 1.807) is 6.92 Å². The van der Waals surface area contributed by atoms with Gasteiger partial charge in [0.1, 0.15) is 0 Å². The summed E-state index contributed by atoms with van der Waals surface area (Å²) >= 11 is 0. The number of hydrogen-bond acceptors (Lipinski definition) is 3. The van der Waals surface area contributed by atoms with Crippen molar-refractivity contribution in [1.29, 1.82) is 0 Å². The summed E-state index contributed by atoms with van der Waals surface area (Å²) in [5, 5.41) is 14.4. The summed E-state index contributed by atoms with van der Waals surface area (Å²) < 4.78 is 0. The summed E-state index contributed by atoms with van der Waals surface area (Å²) in [6, 6.07) is 0.415. The number of nitrogens with one attached hydrogen (secondary N) is 2. The molecule has 1 fully saturated rings. The van der Waals surface area contributed by atoms with Gasteiger partial charge in [-0.25, -0.2) is 0 Å². The van der Waals surface area contributed by atoms with Crippen LogP contribution < -0.4 is 10.6 Å². The first-order valence-electron chi connectivity index (χ1n) is 4.36. The lowest BCUT2D eigenvalue weighted by Gasteiger charge is -2.10. The third-order valence-electron chi connectivity index (χ3n) is 1.81. The van der Waals surface area contributed by atoms with Crippen LogP contribution in [0.4, 0.5) is 0 Å². The largest absolute Gasteiger partial charge is 0.394 e. The molecule has 0 spiro atoms. The quantitative estimate of drug-likeness (QED) is 0.510. The lowest BCUT2D eigenvalue weighted by atomic mass is 10.3. The van der Waals surface area contributed by atoms with E-state index in [1.807, 2.05) is 0 Å². The van der Waals surface area contributed by atoms with Crippen LogP contribution in [0.3, 0.4) is 0 Å². The smallest absolute Gasteiger partial charge is 0.234 e. The SMILES string of the molecule is C[C@H](CO)NC(=O)CNC1CC1. The third-order valence-corrected chi connectivity index (χ3v) is 1.81. The molecular formula is C8H16N2O2. The minimum atomic E-state index is -0.140. The van der Waals surface area contributed by atoms with Gasteiger partial charge in [-0.1, -0.05) is 0 Å². The topological polar surface area (TPSA) is 61.4 Å². The molecule has 12 heavy (non-hydrogen) atoms. The molecule has 0 aliphatic heterocycles. The minimum absolute atomic E-state index is 0.00479. The Labute approximate surface area is 72.3 Å². The van der Waals surface area contributed by atoms with Gasteiger partial charge in [0.2, 0.25) is 5.91 Å². The van der Waals surface area contributed by atoms with E-state index in [-0.39, 0.29) is 18.6 Å². The van der Waals surface area contributed by atoms with Gasteiger partial charge < -0.3 is 15.7 Å². The average Bonchev–Trinajstić information content (AvgIpc) is 2.83. The molecule has 1 atom stereocenters. The summed E-state index contributed by atoms with van der Waals surface area (Å²) in [5.41, 5.74) is 0. The van der Waals surface area contributed by atoms with Crippen LogP contribution in [0.25, 0.3) is 0 Å². The van der Waals surface area contributed by atoms with Crippen molar-refractivity contribution in [2.75, 3.05) is 13.2 Å². The number of amides is 1. The number of rotatable bonds is 5. The Bertz CT molecular complexity index is 157. The van der Waals surface area contributed by atoms with Crippen LogP contribution in [-0.2, 0) is 4.79 Å². The van der Waals surface area contributed by atoms with Crippen LogP contribution in [0.5, 0.6) is 0 Å². The molecule has 4 heteroatoms. The van der Waals surface area contributed by atoms with Crippen molar-refractivity contribution in [3.05, 3.63) is 0 Å². The molecule has 0 saturated heterocycles. The van der Waals surface area contributed by atoms with Gasteiger partial charge in [0.05, 0.1) is 13.2 Å². The van der Waals surface area contributed by atoms with Crippen LogP contribution in [0.15, 0.2) is 0 Å². The van der Waals surface area contributed by atoms with Gasteiger partial charge in [0, 0.05) is 12.1 Å². The molecule has 0 aromatic heterocycles. The highest BCUT2D eigenvalue weighted by atomic mass is 16.3. The maximum Gasteiger partial charge on any atom is 0.234 e. The first-order valence-corrected chi connectivity index (χ1v) is 4.36. The van der Waals surface area contributed by atoms with Crippen molar-refractivity contribution in [3.63, 3.8) is 0 Å². The molecule has 0 radical (unpaired) electrons. The normalized spacial score (nSPS) is 18.8. The molecule has 4 nitrogen and oxygen atoms in total. The molecule has 1 aliphatic rings. The van der Waals surface area contributed by atoms with Crippen molar-refractivity contribution in [2.45, 2.75) is 31.8 Å². The van der Waals surface area contributed by atoms with E-state index in [9.17, 15) is 4.79 Å². The highest BCUT2D eigenvalue weighted by molar-refractivity contribution is 5.78. The number of aliphatic hydroxyl groups excluding tert-OH is 1. The van der Waals surface area contributed by atoms with E-state index in [0.717, 1.165) is 0 Å². The Kier molecular flexibility index (Phi) is 3.49. The van der Waals surface area contributed by atoms with Crippen LogP contribution in [-0.4, -0.2) is 36.2 Å². The van der Waals surface area contributed by atoms with Crippen molar-refractivity contribution in [3.8, 4) is 0 Å². The van der Waals surface area contributed by atoms with Gasteiger partial charge in [-0.15, -0.1) is 0 Å². The number of carbonyl (C=O) groups is 1. The van der Waals surface area contributed by atoms with Gasteiger partial charge in [-0.2, -0.15) is 0 Å². The summed E-state index contributed by atoms with van der Waals surface area (Å²) in [5.74, 6) is -0.0385. The van der Waals surface area contributed by atoms with Crippen molar-refractivity contribution < 1.29 is 9.90 Å². The lowest BCUT2D eigenvalue weighted by molar-refractivity contribution is -0.121. The van der Waals surface area contributed by atoms with E-state index >= 15 is 0 Å². The highest BCUT2D eigenvalue weighted by Crippen LogP contribution is 2.17. The van der Waals surface area contributed by atoms with Crippen LogP contribution in [0.1, 0.15) is 19.8 Å². The third kappa shape index (κ3) is 3.69. The predicted molar refractivity (Wildman–Crippen MR) is 45.7 cm³/mol. The van der Waals surface area contributed by atoms with Gasteiger partial charge in [0.15, 0.2) is 0 Å². The zero-order valence-corrected chi connectivity index (χ0v) is 7.34. The molecule has 1 saturated carbocycles. The lowest BCUT2D eigenvalue weighted by Crippen LogP contribution is -2.41. The summed E-state index contributed by atoms with van der Waals surface area (Å²) in [7, 11) is 0. The Hall–Kier alpha value is -0.610. The molecule has 0 aromatic rings. The molecule has 70 valence electrons. The summed E-state index contributed by atoms with van der Waals surface area (Å²) in [6.45, 7) is 2.14. The molecule has 0 unspecified atom stereocenters. The first-order chi connectivity index (χ1) is 5.72. The predicted octanol–water partition coefficient (Wildman–Crippen LogP) is -0.765. The van der Waals surface area contributed by atoms with Crippen molar-refractivity contribution in [1.82, 2.24) is 10.6 Å². The number of aliphatic hydroxyl groups is 1. The van der Waals surface area contributed by atoms with E-state index < -0.39 is 0 Å². The Morgan fingerprint density at radius 3 is 2.83 bits per heavy atom. The zero-order valence-electron chi connectivity index (χ0n) is 7.34. The van der Waals surface area contributed by atoms with Crippen LogP contribution in [0, 0.1) is 0 Å². The van der Waals surface area contributed by atoms with E-state index in [4.69, 9.17) is 5.11 Å². The molecule has 1 amide bonds. The second kappa shape index (κ2) is 4.42. The molecular weight excluding hydrogens is 156 g/mol. The first kappa shape index (κ1) is 9.48. The Morgan fingerprint density at radius 1 is 1.67 bits per heavy atom. The van der Waals surface area contributed by atoms with E-state index in [1.165, 1.54) is 12.8 Å². The van der Waals surface area contributed by atoms with Crippen molar-refractivity contribution in [2.24, 2.45) is 0 Å². The van der Waals surface area contributed by atoms with Crippen molar-refractivity contribution >= 4 is 5.91 Å². The molecule has 1 rings (SSSR count). The fraction of sp³-hybridized carbons (Fsp3) is 0.875. The Morgan fingerprint density at radius 2 is 2.33 bits per heavy atom. The molecule has 0 bridgehead atoms. The maximum absolute atomic E-state index is 11.1. The second-order valence-corrected chi connectivity index (χ2v) is 3.31. The fourth-order valence-electron chi connectivity index (χ4n) is 0.896. The maximum atomic E-state index is 11.1. The second-order valence-electron chi connectivity index (χ2n) is 3.31. The van der Waals surface area contributed by atoms with Gasteiger partial charge >= 0.3 is 0 Å². The number of hydrogen-bond donors (Lipinski definition) is 3. The Balaban J connectivity index is 2.01. The van der Waals surface area contributed by atoms with Crippen LogP contribution in [0.2, 0.25) is 0 Å². The van der Waals surface area contributed by atoms with Gasteiger partial charge in [0.25, 0.3) is 0 Å². The van der Waals surface area contributed by atoms with Crippen LogP contribution >= 0.6 is 0 Å². The number of carbonyl (C=O) groups excluding carboxylic acids is 1. The van der Waals surface area contributed by atoms with Gasteiger partial charge in [-0.3, -0.25) is 4.79 Å². The van der Waals surface area contributed by atoms with E-state index in [0.29, 0.717) is 12.6 Å². The minimum Gasteiger partial charge on any atom is -0.394 e. The highest BCUT2D eigenvalue weighted by Gasteiger charge is 2.21.